The Bertz CT molecular complexity index is 1860. The summed E-state index contributed by atoms with van der Waals surface area (Å²) in [6.45, 7) is 6.51. The molecule has 0 unspecified atom stereocenters. The van der Waals surface area contributed by atoms with Crippen molar-refractivity contribution in [1.29, 1.82) is 0 Å². The highest BCUT2D eigenvalue weighted by Crippen LogP contribution is 2.44. The molecule has 0 atom stereocenters. The molecule has 49 heavy (non-hydrogen) atoms. The van der Waals surface area contributed by atoms with Crippen LogP contribution in [0, 0.1) is 5.41 Å². The van der Waals surface area contributed by atoms with Crippen LogP contribution in [0.5, 0.6) is 5.75 Å². The van der Waals surface area contributed by atoms with Gasteiger partial charge in [0.2, 0.25) is 5.91 Å². The summed E-state index contributed by atoms with van der Waals surface area (Å²) < 4.78 is 5.62. The van der Waals surface area contributed by atoms with Crippen LogP contribution in [0.25, 0.3) is 16.6 Å². The maximum atomic E-state index is 13.8. The minimum Gasteiger partial charge on any atom is -0.496 e. The fourth-order valence-electron chi connectivity index (χ4n) is 7.51. The third kappa shape index (κ3) is 6.43. The van der Waals surface area contributed by atoms with Crippen molar-refractivity contribution < 1.29 is 14.3 Å². The molecule has 1 aromatic heterocycles. The van der Waals surface area contributed by atoms with Crippen molar-refractivity contribution in [3.63, 3.8) is 0 Å². The number of aromatic nitrogens is 2. The number of piperidine rings is 1. The number of fused-ring (bicyclic) bond motifs is 1. The SMILES string of the molecule is COc1cc(N2CCC3(CCN(C(=O)c4ccc(N5CCN(Cc6cnc7ccccc7n6)CC5)cc4)CC3)C2=O)ccc1/C(=C/N)CN. The molecule has 4 N–H and O–H groups in total. The molecule has 0 aliphatic carbocycles. The number of ether oxygens (including phenoxy) is 1. The first-order valence-electron chi connectivity index (χ1n) is 17.1. The molecule has 0 saturated carbocycles. The minimum atomic E-state index is -0.449. The van der Waals surface area contributed by atoms with Gasteiger partial charge >= 0.3 is 0 Å². The van der Waals surface area contributed by atoms with Gasteiger partial charge in [0.05, 0.1) is 35.4 Å². The van der Waals surface area contributed by atoms with Gasteiger partial charge in [-0.05, 0) is 79.6 Å². The number of piperazine rings is 1. The van der Waals surface area contributed by atoms with E-state index in [1.165, 1.54) is 6.20 Å². The summed E-state index contributed by atoms with van der Waals surface area (Å²) >= 11 is 0. The second kappa shape index (κ2) is 13.9. The van der Waals surface area contributed by atoms with Crippen LogP contribution in [0.3, 0.4) is 0 Å². The lowest BCUT2D eigenvalue weighted by atomic mass is 9.77. The van der Waals surface area contributed by atoms with Crippen molar-refractivity contribution >= 4 is 39.8 Å². The zero-order valence-electron chi connectivity index (χ0n) is 28.1. The van der Waals surface area contributed by atoms with Crippen molar-refractivity contribution in [2.45, 2.75) is 25.8 Å². The first-order valence-corrected chi connectivity index (χ1v) is 17.1. The quantitative estimate of drug-likeness (QED) is 0.289. The van der Waals surface area contributed by atoms with E-state index in [0.717, 1.165) is 78.4 Å². The molecule has 2 amide bonds. The highest BCUT2D eigenvalue weighted by atomic mass is 16.5. The number of anilines is 2. The molecule has 3 aliphatic rings. The average molecular weight is 661 g/mol. The summed E-state index contributed by atoms with van der Waals surface area (Å²) in [6, 6.07) is 21.7. The summed E-state index contributed by atoms with van der Waals surface area (Å²) in [5.41, 5.74) is 18.2. The number of carbonyl (C=O) groups excluding carboxylic acids is 2. The van der Waals surface area contributed by atoms with Crippen molar-refractivity contribution in [3.05, 3.63) is 95.9 Å². The molecule has 7 rings (SSSR count). The zero-order valence-corrected chi connectivity index (χ0v) is 28.1. The summed E-state index contributed by atoms with van der Waals surface area (Å²) in [5.74, 6) is 0.779. The van der Waals surface area contributed by atoms with Crippen LogP contribution in [-0.2, 0) is 11.3 Å². The van der Waals surface area contributed by atoms with Crippen LogP contribution in [0.15, 0.2) is 79.1 Å². The second-order valence-electron chi connectivity index (χ2n) is 13.2. The third-order valence-corrected chi connectivity index (χ3v) is 10.5. The predicted octanol–water partition coefficient (Wildman–Crippen LogP) is 3.88. The second-order valence-corrected chi connectivity index (χ2v) is 13.2. The molecule has 3 aliphatic heterocycles. The van der Waals surface area contributed by atoms with Crippen molar-refractivity contribution in [2.24, 2.45) is 16.9 Å². The van der Waals surface area contributed by atoms with E-state index in [1.54, 1.807) is 7.11 Å². The maximum absolute atomic E-state index is 13.8. The summed E-state index contributed by atoms with van der Waals surface area (Å²) in [7, 11) is 1.60. The Labute approximate surface area is 287 Å². The highest BCUT2D eigenvalue weighted by molar-refractivity contribution is 6.01. The lowest BCUT2D eigenvalue weighted by Gasteiger charge is -2.38. The Hall–Kier alpha value is -5.00. The van der Waals surface area contributed by atoms with Gasteiger partial charge in [0.15, 0.2) is 0 Å². The molecular formula is C38H44N8O3. The van der Waals surface area contributed by atoms with Crippen LogP contribution in [0.2, 0.25) is 0 Å². The molecule has 254 valence electrons. The van der Waals surface area contributed by atoms with Gasteiger partial charge in [0, 0.05) is 87.5 Å². The highest BCUT2D eigenvalue weighted by Gasteiger charge is 2.49. The van der Waals surface area contributed by atoms with Crippen LogP contribution >= 0.6 is 0 Å². The number of hydrogen-bond donors (Lipinski definition) is 2. The normalized spacial score (nSPS) is 18.4. The zero-order chi connectivity index (χ0) is 34.0. The third-order valence-electron chi connectivity index (χ3n) is 10.5. The Morgan fingerprint density at radius 3 is 2.29 bits per heavy atom. The minimum absolute atomic E-state index is 0.0222. The molecule has 0 bridgehead atoms. The fraction of sp³-hybridized carbons (Fsp3) is 0.368. The van der Waals surface area contributed by atoms with Gasteiger partial charge < -0.3 is 30.9 Å². The molecule has 11 heteroatoms. The largest absolute Gasteiger partial charge is 0.496 e. The number of likely N-dealkylation sites (tertiary alicyclic amines) is 1. The van der Waals surface area contributed by atoms with Gasteiger partial charge in [-0.25, -0.2) is 4.98 Å². The van der Waals surface area contributed by atoms with E-state index in [1.807, 2.05) is 70.6 Å². The standard InChI is InChI=1S/C38H44N8O3/c1-49-35-22-31(10-11-32(35)28(23-39)24-40)46-17-14-38(37(46)48)12-15-45(16-13-38)36(47)27-6-8-30(9-7-27)44-20-18-43(19-21-44)26-29-25-41-33-4-2-3-5-34(33)42-29/h2-11,22-23,25H,12-21,24,26,39-40H2,1H3/b28-23+. The van der Waals surface area contributed by atoms with Gasteiger partial charge in [-0.1, -0.05) is 12.1 Å². The number of methoxy groups -OCH3 is 1. The van der Waals surface area contributed by atoms with E-state index in [0.29, 0.717) is 50.3 Å². The number of benzene rings is 3. The maximum Gasteiger partial charge on any atom is 0.253 e. The Morgan fingerprint density at radius 2 is 1.59 bits per heavy atom. The predicted molar refractivity (Wildman–Crippen MR) is 192 cm³/mol. The first kappa shape index (κ1) is 32.5. The van der Waals surface area contributed by atoms with Crippen molar-refractivity contribution in [3.8, 4) is 5.75 Å². The van der Waals surface area contributed by atoms with Gasteiger partial charge in [-0.3, -0.25) is 19.5 Å². The van der Waals surface area contributed by atoms with Crippen LogP contribution in [0.4, 0.5) is 11.4 Å². The van der Waals surface area contributed by atoms with E-state index < -0.39 is 5.41 Å². The van der Waals surface area contributed by atoms with Gasteiger partial charge in [-0.15, -0.1) is 0 Å². The molecule has 4 heterocycles. The van der Waals surface area contributed by atoms with E-state index in [9.17, 15) is 9.59 Å². The summed E-state index contributed by atoms with van der Waals surface area (Å²) in [6.07, 6.45) is 5.45. The van der Waals surface area contributed by atoms with Gasteiger partial charge in [-0.2, -0.15) is 0 Å². The lowest BCUT2D eigenvalue weighted by molar-refractivity contribution is -0.127. The Kier molecular flexibility index (Phi) is 9.20. The number of rotatable bonds is 8. The lowest BCUT2D eigenvalue weighted by Crippen LogP contribution is -2.47. The number of para-hydroxylation sites is 2. The smallest absolute Gasteiger partial charge is 0.253 e. The molecule has 0 radical (unpaired) electrons. The average Bonchev–Trinajstić information content (AvgIpc) is 3.46. The Morgan fingerprint density at radius 1 is 0.898 bits per heavy atom. The van der Waals surface area contributed by atoms with E-state index >= 15 is 0 Å². The van der Waals surface area contributed by atoms with E-state index in [-0.39, 0.29) is 11.8 Å². The van der Waals surface area contributed by atoms with Crippen molar-refractivity contribution in [1.82, 2.24) is 19.8 Å². The number of carbonyl (C=O) groups is 2. The summed E-state index contributed by atoms with van der Waals surface area (Å²) in [5, 5.41) is 0. The molecule has 4 aromatic rings. The van der Waals surface area contributed by atoms with Crippen molar-refractivity contribution in [2.75, 3.05) is 69.3 Å². The number of hydrogen-bond acceptors (Lipinski definition) is 9. The Balaban J connectivity index is 0.919. The molecular weight excluding hydrogens is 616 g/mol. The molecule has 3 aromatic carbocycles. The molecule has 3 saturated heterocycles. The van der Waals surface area contributed by atoms with E-state index in [4.69, 9.17) is 21.2 Å². The topological polar surface area (TPSA) is 134 Å². The first-order chi connectivity index (χ1) is 23.9. The molecule has 3 fully saturated rings. The fourth-order valence-corrected chi connectivity index (χ4v) is 7.51. The monoisotopic (exact) mass is 660 g/mol. The van der Waals surface area contributed by atoms with E-state index in [2.05, 4.69) is 26.9 Å². The summed E-state index contributed by atoms with van der Waals surface area (Å²) in [4.78, 5) is 45.2. The van der Waals surface area contributed by atoms with Gasteiger partial charge in [0.1, 0.15) is 5.75 Å². The number of amides is 2. The number of nitrogens with zero attached hydrogens (tertiary/aromatic N) is 6. The molecule has 11 nitrogen and oxygen atoms in total. The number of nitrogens with two attached hydrogens (primary N) is 2. The van der Waals surface area contributed by atoms with Crippen LogP contribution in [0.1, 0.15) is 40.9 Å². The molecule has 1 spiro atoms. The van der Waals surface area contributed by atoms with Crippen LogP contribution < -0.4 is 26.0 Å². The van der Waals surface area contributed by atoms with Gasteiger partial charge in [0.25, 0.3) is 5.91 Å². The van der Waals surface area contributed by atoms with Crippen LogP contribution in [-0.4, -0.2) is 91.0 Å².